The summed E-state index contributed by atoms with van der Waals surface area (Å²) in [4.78, 5) is 22.1. The number of aryl methyl sites for hydroxylation is 2. The van der Waals surface area contributed by atoms with Crippen molar-refractivity contribution in [1.29, 1.82) is 0 Å². The molecule has 0 atom stereocenters. The number of H-pyrrole nitrogens is 2. The van der Waals surface area contributed by atoms with Crippen LogP contribution < -0.4 is 15.7 Å². The first-order valence-corrected chi connectivity index (χ1v) is 5.63. The minimum atomic E-state index is -0.625. The summed E-state index contributed by atoms with van der Waals surface area (Å²) < 4.78 is 5.14. The molecule has 94 valence electrons. The van der Waals surface area contributed by atoms with Crippen LogP contribution in [0.4, 0.5) is 0 Å². The molecule has 0 aliphatic heterocycles. The Kier molecular flexibility index (Phi) is 3.62. The second kappa shape index (κ2) is 5.35. The molecule has 0 bridgehead atoms. The van der Waals surface area contributed by atoms with E-state index in [-0.39, 0.29) is 0 Å². The molecule has 0 aliphatic rings. The third-order valence-corrected chi connectivity index (χ3v) is 2.68. The van der Waals surface area contributed by atoms with Gasteiger partial charge in [0, 0.05) is 11.8 Å². The maximum Gasteiger partial charge on any atom is 0.310 e. The quantitative estimate of drug-likeness (QED) is 0.784. The molecule has 1 heterocycles. The Balaban J connectivity index is 2.08. The van der Waals surface area contributed by atoms with Crippen molar-refractivity contribution in [1.82, 2.24) is 10.2 Å². The van der Waals surface area contributed by atoms with E-state index in [0.29, 0.717) is 12.1 Å². The molecule has 0 spiro atoms. The Morgan fingerprint density at radius 3 is 2.67 bits per heavy atom. The Bertz CT molecular complexity index is 643. The number of methoxy groups -OCH3 is 1. The van der Waals surface area contributed by atoms with Gasteiger partial charge in [-0.15, -0.1) is 0 Å². The first kappa shape index (κ1) is 12.2. The topological polar surface area (TPSA) is 75.0 Å². The summed E-state index contributed by atoms with van der Waals surface area (Å²) in [6.07, 6.45) is 1.42. The number of rotatable bonds is 4. The second-order valence-corrected chi connectivity index (χ2v) is 3.96. The lowest BCUT2D eigenvalue weighted by molar-refractivity contribution is 0.414. The third-order valence-electron chi connectivity index (χ3n) is 2.68. The lowest BCUT2D eigenvalue weighted by atomic mass is 10.1. The SMILES string of the molecule is [11CH3]Oc1cccc(CCc2cc(=O)c(=O)[nH][nH]2)c1. The summed E-state index contributed by atoms with van der Waals surface area (Å²) in [7, 11) is 1.62. The van der Waals surface area contributed by atoms with E-state index in [0.717, 1.165) is 17.7 Å². The highest BCUT2D eigenvalue weighted by atomic mass is 16.4. The molecule has 1 aromatic carbocycles. The molecule has 2 aromatic rings. The average molecular weight is 245 g/mol. The van der Waals surface area contributed by atoms with Gasteiger partial charge in [-0.2, -0.15) is 0 Å². The number of benzene rings is 1. The number of nitrogens with one attached hydrogen (secondary N) is 2. The van der Waals surface area contributed by atoms with Crippen LogP contribution in [0, 0.1) is 0 Å². The minimum absolute atomic E-state index is 0.519. The molecule has 0 amide bonds. The highest BCUT2D eigenvalue weighted by molar-refractivity contribution is 5.28. The van der Waals surface area contributed by atoms with E-state index in [2.05, 4.69) is 10.2 Å². The van der Waals surface area contributed by atoms with E-state index in [1.807, 2.05) is 24.3 Å². The molecule has 0 aliphatic carbocycles. The van der Waals surface area contributed by atoms with Crippen LogP contribution >= 0.6 is 0 Å². The molecule has 2 rings (SSSR count). The first-order chi connectivity index (χ1) is 8.69. The number of aromatic nitrogens is 2. The van der Waals surface area contributed by atoms with Crippen LogP contribution in [-0.4, -0.2) is 17.3 Å². The number of ether oxygens (including phenoxy) is 1. The molecule has 0 saturated carbocycles. The van der Waals surface area contributed by atoms with Crippen molar-refractivity contribution in [2.45, 2.75) is 12.8 Å². The van der Waals surface area contributed by atoms with Crippen LogP contribution in [0.15, 0.2) is 39.9 Å². The summed E-state index contributed by atoms with van der Waals surface area (Å²) in [5.74, 6) is 0.808. The standard InChI is InChI=1S/C13H14N2O3/c1-18-11-4-2-3-9(7-11)5-6-10-8-12(16)13(17)15-14-10/h2-4,7-8H,5-6H2,1H3,(H,14,16)(H,15,17)/i1-1. The summed E-state index contributed by atoms with van der Waals surface area (Å²) in [5, 5.41) is 5.02. The summed E-state index contributed by atoms with van der Waals surface area (Å²) in [6, 6.07) is 9.07. The Hall–Kier alpha value is -2.30. The van der Waals surface area contributed by atoms with Crippen molar-refractivity contribution in [2.24, 2.45) is 0 Å². The third kappa shape index (κ3) is 2.88. The maximum atomic E-state index is 11.2. The van der Waals surface area contributed by atoms with Crippen molar-refractivity contribution in [3.8, 4) is 5.75 Å². The fraction of sp³-hybridized carbons (Fsp3) is 0.231. The van der Waals surface area contributed by atoms with Crippen molar-refractivity contribution >= 4 is 0 Å². The molecule has 1 aromatic heterocycles. The fourth-order valence-electron chi connectivity index (χ4n) is 1.70. The second-order valence-electron chi connectivity index (χ2n) is 3.96. The van der Waals surface area contributed by atoms with Crippen LogP contribution in [0.2, 0.25) is 0 Å². The van der Waals surface area contributed by atoms with Gasteiger partial charge in [0.2, 0.25) is 5.43 Å². The summed E-state index contributed by atoms with van der Waals surface area (Å²) in [5.41, 5.74) is 0.679. The van der Waals surface area contributed by atoms with E-state index in [9.17, 15) is 9.59 Å². The van der Waals surface area contributed by atoms with Gasteiger partial charge < -0.3 is 9.84 Å². The molecule has 0 radical (unpaired) electrons. The Morgan fingerprint density at radius 2 is 1.94 bits per heavy atom. The van der Waals surface area contributed by atoms with Crippen molar-refractivity contribution < 1.29 is 4.74 Å². The lowest BCUT2D eigenvalue weighted by Crippen LogP contribution is -2.27. The smallest absolute Gasteiger partial charge is 0.310 e. The molecule has 0 saturated heterocycles. The molecule has 5 heteroatoms. The molecule has 0 fully saturated rings. The molecule has 2 N–H and O–H groups in total. The Labute approximate surface area is 103 Å². The lowest BCUT2D eigenvalue weighted by Gasteiger charge is -2.04. The molecular formula is C13H14N2O3. The van der Waals surface area contributed by atoms with Crippen molar-refractivity contribution in [2.75, 3.05) is 7.11 Å². The predicted molar refractivity (Wildman–Crippen MR) is 68.1 cm³/mol. The number of hydrogen-bond donors (Lipinski definition) is 2. The van der Waals surface area contributed by atoms with Gasteiger partial charge in [0.1, 0.15) is 5.75 Å². The first-order valence-electron chi connectivity index (χ1n) is 5.63. The van der Waals surface area contributed by atoms with Gasteiger partial charge in [-0.3, -0.25) is 14.7 Å². The van der Waals surface area contributed by atoms with Gasteiger partial charge in [0.25, 0.3) is 0 Å². The summed E-state index contributed by atoms with van der Waals surface area (Å²) in [6.45, 7) is 0. The van der Waals surface area contributed by atoms with Crippen LogP contribution in [-0.2, 0) is 12.8 Å². The van der Waals surface area contributed by atoms with E-state index in [4.69, 9.17) is 4.74 Å². The maximum absolute atomic E-state index is 11.2. The number of aromatic amines is 2. The zero-order valence-electron chi connectivity index (χ0n) is 10.0. The van der Waals surface area contributed by atoms with Gasteiger partial charge in [-0.05, 0) is 30.5 Å². The van der Waals surface area contributed by atoms with Crippen LogP contribution in [0.5, 0.6) is 5.75 Å². The van der Waals surface area contributed by atoms with Crippen LogP contribution in [0.1, 0.15) is 11.3 Å². The fourth-order valence-corrected chi connectivity index (χ4v) is 1.70. The summed E-state index contributed by atoms with van der Waals surface area (Å²) >= 11 is 0. The monoisotopic (exact) mass is 245 g/mol. The van der Waals surface area contributed by atoms with Crippen molar-refractivity contribution in [3.05, 3.63) is 62.2 Å². The van der Waals surface area contributed by atoms with E-state index in [1.165, 1.54) is 6.07 Å². The predicted octanol–water partition coefficient (Wildman–Crippen LogP) is 0.857. The normalized spacial score (nSPS) is 10.3. The molecule has 0 unspecified atom stereocenters. The van der Waals surface area contributed by atoms with Gasteiger partial charge >= 0.3 is 5.56 Å². The highest BCUT2D eigenvalue weighted by Crippen LogP contribution is 2.13. The van der Waals surface area contributed by atoms with E-state index >= 15 is 0 Å². The van der Waals surface area contributed by atoms with Gasteiger partial charge in [-0.1, -0.05) is 12.1 Å². The van der Waals surface area contributed by atoms with Gasteiger partial charge in [0.15, 0.2) is 0 Å². The molecular weight excluding hydrogens is 231 g/mol. The highest BCUT2D eigenvalue weighted by Gasteiger charge is 2.00. The molecule has 5 nitrogen and oxygen atoms in total. The van der Waals surface area contributed by atoms with Gasteiger partial charge in [0.05, 0.1) is 7.11 Å². The van der Waals surface area contributed by atoms with Gasteiger partial charge in [-0.25, -0.2) is 0 Å². The van der Waals surface area contributed by atoms with Crippen molar-refractivity contribution in [3.63, 3.8) is 0 Å². The Morgan fingerprint density at radius 1 is 1.11 bits per heavy atom. The minimum Gasteiger partial charge on any atom is -0.497 e. The zero-order valence-corrected chi connectivity index (χ0v) is 10.0. The number of hydrogen-bond acceptors (Lipinski definition) is 3. The van der Waals surface area contributed by atoms with Crippen LogP contribution in [0.3, 0.4) is 0 Å². The van der Waals surface area contributed by atoms with E-state index < -0.39 is 11.0 Å². The average Bonchev–Trinajstić information content (AvgIpc) is 2.40. The molecule has 18 heavy (non-hydrogen) atoms. The zero-order chi connectivity index (χ0) is 13.0. The van der Waals surface area contributed by atoms with E-state index in [1.54, 1.807) is 7.11 Å². The largest absolute Gasteiger partial charge is 0.497 e. The van der Waals surface area contributed by atoms with Crippen LogP contribution in [0.25, 0.3) is 0 Å².